The average Bonchev–Trinajstić information content (AvgIpc) is 2.36. The number of carbonyl (C=O) groups is 1. The van der Waals surface area contributed by atoms with Crippen molar-refractivity contribution in [3.05, 3.63) is 57.6 Å². The van der Waals surface area contributed by atoms with Gasteiger partial charge in [-0.25, -0.2) is 0 Å². The molecule has 5 heteroatoms. The second kappa shape index (κ2) is 6.16. The molecule has 0 spiro atoms. The molecule has 3 N–H and O–H groups in total. The Hall–Kier alpha value is -1.71. The highest BCUT2D eigenvalue weighted by Crippen LogP contribution is 2.28. The van der Waals surface area contributed by atoms with Crippen molar-refractivity contribution < 1.29 is 4.79 Å². The van der Waals surface area contributed by atoms with E-state index in [1.807, 2.05) is 19.1 Å². The van der Waals surface area contributed by atoms with Gasteiger partial charge < -0.3 is 11.1 Å². The van der Waals surface area contributed by atoms with E-state index in [0.29, 0.717) is 21.4 Å². The van der Waals surface area contributed by atoms with Crippen molar-refractivity contribution in [3.63, 3.8) is 0 Å². The van der Waals surface area contributed by atoms with Crippen LogP contribution in [-0.2, 0) is 11.2 Å². The molecule has 0 radical (unpaired) electrons. The van der Waals surface area contributed by atoms with Gasteiger partial charge >= 0.3 is 0 Å². The first-order valence-electron chi connectivity index (χ1n) is 6.05. The molecule has 2 rings (SSSR count). The zero-order valence-corrected chi connectivity index (χ0v) is 12.4. The molecule has 0 saturated carbocycles. The number of nitrogens with one attached hydrogen (secondary N) is 1. The number of hydrogen-bond acceptors (Lipinski definition) is 2. The maximum atomic E-state index is 12.0. The first-order chi connectivity index (χ1) is 9.45. The largest absolute Gasteiger partial charge is 0.399 e. The van der Waals surface area contributed by atoms with Crippen LogP contribution in [-0.4, -0.2) is 5.91 Å². The summed E-state index contributed by atoms with van der Waals surface area (Å²) in [4.78, 5) is 12.0. The number of halogens is 2. The van der Waals surface area contributed by atoms with Crippen LogP contribution in [0.25, 0.3) is 0 Å². The van der Waals surface area contributed by atoms with Crippen LogP contribution in [0.5, 0.6) is 0 Å². The van der Waals surface area contributed by atoms with Crippen molar-refractivity contribution in [3.8, 4) is 0 Å². The minimum atomic E-state index is -0.137. The fourth-order valence-electron chi connectivity index (χ4n) is 1.90. The lowest BCUT2D eigenvalue weighted by Gasteiger charge is -2.11. The molecule has 0 aliphatic carbocycles. The third-order valence-electron chi connectivity index (χ3n) is 2.85. The van der Waals surface area contributed by atoms with Crippen molar-refractivity contribution in [2.75, 3.05) is 11.1 Å². The Morgan fingerprint density at radius 1 is 1.20 bits per heavy atom. The Morgan fingerprint density at radius 2 is 1.85 bits per heavy atom. The van der Waals surface area contributed by atoms with E-state index < -0.39 is 0 Å². The molecule has 104 valence electrons. The summed E-state index contributed by atoms with van der Waals surface area (Å²) in [5, 5.41) is 3.89. The normalized spacial score (nSPS) is 10.3. The maximum absolute atomic E-state index is 12.0. The van der Waals surface area contributed by atoms with Crippen LogP contribution in [0.2, 0.25) is 10.0 Å². The number of nitrogens with two attached hydrogens (primary N) is 1. The Balaban J connectivity index is 2.10. The van der Waals surface area contributed by atoms with Crippen LogP contribution < -0.4 is 11.1 Å². The summed E-state index contributed by atoms with van der Waals surface area (Å²) in [6, 6.07) is 10.5. The average molecular weight is 309 g/mol. The minimum Gasteiger partial charge on any atom is -0.399 e. The summed E-state index contributed by atoms with van der Waals surface area (Å²) in [5.74, 6) is -0.137. The fourth-order valence-corrected chi connectivity index (χ4v) is 2.35. The predicted octanol–water partition coefficient (Wildman–Crippen LogP) is 4.07. The summed E-state index contributed by atoms with van der Waals surface area (Å²) < 4.78 is 0. The van der Waals surface area contributed by atoms with E-state index in [1.54, 1.807) is 24.3 Å². The number of benzene rings is 2. The van der Waals surface area contributed by atoms with Crippen LogP contribution >= 0.6 is 23.2 Å². The van der Waals surface area contributed by atoms with Gasteiger partial charge in [-0.15, -0.1) is 0 Å². The second-order valence-electron chi connectivity index (χ2n) is 4.55. The standard InChI is InChI=1S/C15H14Cl2N2O/c1-9-6-12(18)8-13(17)15(9)19-14(20)7-10-2-4-11(16)5-3-10/h2-6,8H,7,18H2,1H3,(H,19,20). The number of hydrogen-bond donors (Lipinski definition) is 2. The van der Waals surface area contributed by atoms with Crippen molar-refractivity contribution in [1.29, 1.82) is 0 Å². The third-order valence-corrected chi connectivity index (χ3v) is 3.40. The molecule has 3 nitrogen and oxygen atoms in total. The van der Waals surface area contributed by atoms with Crippen LogP contribution in [0, 0.1) is 6.92 Å². The molecule has 2 aromatic carbocycles. The lowest BCUT2D eigenvalue weighted by molar-refractivity contribution is -0.115. The van der Waals surface area contributed by atoms with E-state index in [4.69, 9.17) is 28.9 Å². The molecule has 0 atom stereocenters. The molecule has 0 heterocycles. The summed E-state index contributed by atoms with van der Waals surface area (Å²) in [5.41, 5.74) is 8.57. The second-order valence-corrected chi connectivity index (χ2v) is 5.39. The Bertz CT molecular complexity index is 616. The number of rotatable bonds is 3. The monoisotopic (exact) mass is 308 g/mol. The highest BCUT2D eigenvalue weighted by molar-refractivity contribution is 6.34. The van der Waals surface area contributed by atoms with Crippen molar-refractivity contribution in [1.82, 2.24) is 0 Å². The van der Waals surface area contributed by atoms with Gasteiger partial charge in [0.25, 0.3) is 0 Å². The molecule has 0 aliphatic heterocycles. The van der Waals surface area contributed by atoms with E-state index >= 15 is 0 Å². The number of amides is 1. The highest BCUT2D eigenvalue weighted by Gasteiger charge is 2.10. The minimum absolute atomic E-state index is 0.137. The first kappa shape index (κ1) is 14.7. The lowest BCUT2D eigenvalue weighted by Crippen LogP contribution is -2.15. The molecule has 20 heavy (non-hydrogen) atoms. The topological polar surface area (TPSA) is 55.1 Å². The van der Waals surface area contributed by atoms with Crippen molar-refractivity contribution in [2.24, 2.45) is 0 Å². The van der Waals surface area contributed by atoms with Crippen molar-refractivity contribution >= 4 is 40.5 Å². The molecule has 0 fully saturated rings. The molecule has 1 amide bonds. The molecular weight excluding hydrogens is 295 g/mol. The molecular formula is C15H14Cl2N2O. The summed E-state index contributed by atoms with van der Waals surface area (Å²) in [6.45, 7) is 1.85. The third kappa shape index (κ3) is 3.65. The van der Waals surface area contributed by atoms with Crippen LogP contribution in [0.3, 0.4) is 0 Å². The quantitative estimate of drug-likeness (QED) is 0.840. The Labute approximate surface area is 127 Å². The van der Waals surface area contributed by atoms with Crippen LogP contribution in [0.1, 0.15) is 11.1 Å². The summed E-state index contributed by atoms with van der Waals surface area (Å²) in [6.07, 6.45) is 0.261. The number of anilines is 2. The van der Waals surface area contributed by atoms with E-state index in [9.17, 15) is 4.79 Å². The summed E-state index contributed by atoms with van der Waals surface area (Å²) >= 11 is 11.9. The van der Waals surface area contributed by atoms with Gasteiger partial charge in [0.1, 0.15) is 0 Å². The SMILES string of the molecule is Cc1cc(N)cc(Cl)c1NC(=O)Cc1ccc(Cl)cc1. The Kier molecular flexibility index (Phi) is 4.53. The zero-order valence-electron chi connectivity index (χ0n) is 10.9. The van der Waals surface area contributed by atoms with Gasteiger partial charge in [0.15, 0.2) is 0 Å². The molecule has 0 unspecified atom stereocenters. The van der Waals surface area contributed by atoms with E-state index in [1.165, 1.54) is 0 Å². The van der Waals surface area contributed by atoms with E-state index in [0.717, 1.165) is 11.1 Å². The fraction of sp³-hybridized carbons (Fsp3) is 0.133. The van der Waals surface area contributed by atoms with Gasteiger partial charge in [-0.3, -0.25) is 4.79 Å². The van der Waals surface area contributed by atoms with E-state index in [-0.39, 0.29) is 12.3 Å². The van der Waals surface area contributed by atoms with Crippen molar-refractivity contribution in [2.45, 2.75) is 13.3 Å². The highest BCUT2D eigenvalue weighted by atomic mass is 35.5. The summed E-state index contributed by atoms with van der Waals surface area (Å²) in [7, 11) is 0. The molecule has 0 aromatic heterocycles. The number of nitrogen functional groups attached to an aromatic ring is 1. The maximum Gasteiger partial charge on any atom is 0.228 e. The van der Waals surface area contributed by atoms with E-state index in [2.05, 4.69) is 5.32 Å². The van der Waals surface area contributed by atoms with Gasteiger partial charge in [0, 0.05) is 10.7 Å². The number of carbonyl (C=O) groups excluding carboxylic acids is 1. The molecule has 0 aliphatic rings. The molecule has 2 aromatic rings. The van der Waals surface area contributed by atoms with Gasteiger partial charge in [-0.05, 0) is 42.3 Å². The van der Waals surface area contributed by atoms with Crippen LogP contribution in [0.4, 0.5) is 11.4 Å². The molecule has 0 bridgehead atoms. The van der Waals surface area contributed by atoms with Gasteiger partial charge in [0.05, 0.1) is 17.1 Å². The zero-order chi connectivity index (χ0) is 14.7. The lowest BCUT2D eigenvalue weighted by atomic mass is 10.1. The predicted molar refractivity (Wildman–Crippen MR) is 84.4 cm³/mol. The van der Waals surface area contributed by atoms with Gasteiger partial charge in [0.2, 0.25) is 5.91 Å². The first-order valence-corrected chi connectivity index (χ1v) is 6.81. The van der Waals surface area contributed by atoms with Crippen LogP contribution in [0.15, 0.2) is 36.4 Å². The van der Waals surface area contributed by atoms with Gasteiger partial charge in [-0.1, -0.05) is 35.3 Å². The molecule has 0 saturated heterocycles. The number of aryl methyl sites for hydroxylation is 1. The Morgan fingerprint density at radius 3 is 2.45 bits per heavy atom. The smallest absolute Gasteiger partial charge is 0.228 e. The van der Waals surface area contributed by atoms with Gasteiger partial charge in [-0.2, -0.15) is 0 Å².